The Labute approximate surface area is 77.7 Å². The van der Waals surface area contributed by atoms with Gasteiger partial charge in [-0.1, -0.05) is 6.92 Å². The molecule has 0 aromatic carbocycles. The lowest BCUT2D eigenvalue weighted by Crippen LogP contribution is -2.35. The van der Waals surface area contributed by atoms with Gasteiger partial charge in [0.2, 0.25) is 5.91 Å². The molecule has 0 saturated heterocycles. The van der Waals surface area contributed by atoms with Crippen LogP contribution in [0.15, 0.2) is 0 Å². The first-order chi connectivity index (χ1) is 5.61. The number of carbonyl (C=O) groups excluding carboxylic acids is 2. The van der Waals surface area contributed by atoms with E-state index in [-0.39, 0.29) is 24.1 Å². The number of alkyl halides is 1. The number of nitrogens with zero attached hydrogens (tertiary/aromatic N) is 1. The SMILES string of the molecule is CCCN(CC(=O)CCl)C(C)=O. The normalized spacial score (nSPS) is 9.58. The van der Waals surface area contributed by atoms with E-state index >= 15 is 0 Å². The summed E-state index contributed by atoms with van der Waals surface area (Å²) in [6, 6.07) is 0. The van der Waals surface area contributed by atoms with Crippen LogP contribution >= 0.6 is 11.6 Å². The number of ketones is 1. The minimum Gasteiger partial charge on any atom is -0.336 e. The Morgan fingerprint density at radius 1 is 1.42 bits per heavy atom. The minimum atomic E-state index is -0.111. The van der Waals surface area contributed by atoms with Crippen LogP contribution in [0.4, 0.5) is 0 Å². The second kappa shape index (κ2) is 6.00. The highest BCUT2D eigenvalue weighted by atomic mass is 35.5. The Kier molecular flexibility index (Phi) is 5.72. The molecule has 0 atom stereocenters. The van der Waals surface area contributed by atoms with Crippen molar-refractivity contribution in [3.63, 3.8) is 0 Å². The maximum absolute atomic E-state index is 10.9. The molecule has 70 valence electrons. The minimum absolute atomic E-state index is 0.0203. The molecule has 0 fully saturated rings. The fourth-order valence-electron chi connectivity index (χ4n) is 0.873. The third-order valence-corrected chi connectivity index (χ3v) is 1.75. The van der Waals surface area contributed by atoms with E-state index in [2.05, 4.69) is 0 Å². The van der Waals surface area contributed by atoms with Crippen molar-refractivity contribution in [1.82, 2.24) is 4.90 Å². The van der Waals surface area contributed by atoms with E-state index in [1.165, 1.54) is 11.8 Å². The summed E-state index contributed by atoms with van der Waals surface area (Å²) < 4.78 is 0. The zero-order chi connectivity index (χ0) is 9.56. The van der Waals surface area contributed by atoms with Gasteiger partial charge in [0.15, 0.2) is 5.78 Å². The second-order valence-corrected chi connectivity index (χ2v) is 2.88. The van der Waals surface area contributed by atoms with Gasteiger partial charge >= 0.3 is 0 Å². The zero-order valence-electron chi connectivity index (χ0n) is 7.47. The molecule has 0 aromatic heterocycles. The van der Waals surface area contributed by atoms with Gasteiger partial charge in [-0.25, -0.2) is 0 Å². The van der Waals surface area contributed by atoms with E-state index in [1.807, 2.05) is 6.92 Å². The first kappa shape index (κ1) is 11.4. The van der Waals surface area contributed by atoms with Crippen LogP contribution in [0.2, 0.25) is 0 Å². The molecule has 0 N–H and O–H groups in total. The molecule has 12 heavy (non-hydrogen) atoms. The zero-order valence-corrected chi connectivity index (χ0v) is 8.23. The second-order valence-electron chi connectivity index (χ2n) is 2.61. The number of Topliss-reactive ketones (excluding diaryl/α,β-unsaturated/α-hetero) is 1. The molecule has 0 unspecified atom stereocenters. The molecule has 0 bridgehead atoms. The van der Waals surface area contributed by atoms with Gasteiger partial charge in [-0.05, 0) is 6.42 Å². The molecule has 0 aliphatic heterocycles. The fraction of sp³-hybridized carbons (Fsp3) is 0.750. The van der Waals surface area contributed by atoms with Gasteiger partial charge in [0.25, 0.3) is 0 Å². The van der Waals surface area contributed by atoms with E-state index in [0.717, 1.165) is 6.42 Å². The monoisotopic (exact) mass is 191 g/mol. The Morgan fingerprint density at radius 2 is 2.00 bits per heavy atom. The molecule has 0 aromatic rings. The molecular formula is C8H14ClNO2. The van der Waals surface area contributed by atoms with Crippen molar-refractivity contribution in [1.29, 1.82) is 0 Å². The van der Waals surface area contributed by atoms with Gasteiger partial charge in [0.05, 0.1) is 12.4 Å². The summed E-state index contributed by atoms with van der Waals surface area (Å²) in [5, 5.41) is 0. The van der Waals surface area contributed by atoms with E-state index in [9.17, 15) is 9.59 Å². The van der Waals surface area contributed by atoms with E-state index in [1.54, 1.807) is 0 Å². The van der Waals surface area contributed by atoms with Gasteiger partial charge in [-0.3, -0.25) is 9.59 Å². The van der Waals surface area contributed by atoms with Gasteiger partial charge in [0, 0.05) is 13.5 Å². The summed E-state index contributed by atoms with van der Waals surface area (Å²) in [5.41, 5.74) is 0. The molecule has 3 nitrogen and oxygen atoms in total. The van der Waals surface area contributed by atoms with E-state index < -0.39 is 0 Å². The van der Waals surface area contributed by atoms with E-state index in [0.29, 0.717) is 6.54 Å². The molecule has 0 saturated carbocycles. The lowest BCUT2D eigenvalue weighted by molar-refractivity contribution is -0.132. The quantitative estimate of drug-likeness (QED) is 0.610. The standard InChI is InChI=1S/C8H14ClNO2/c1-3-4-10(7(2)11)6-8(12)5-9/h3-6H2,1-2H3. The number of rotatable bonds is 5. The van der Waals surface area contributed by atoms with Crippen LogP contribution in [0.1, 0.15) is 20.3 Å². The Bertz CT molecular complexity index is 168. The predicted molar refractivity (Wildman–Crippen MR) is 48.3 cm³/mol. The first-order valence-corrected chi connectivity index (χ1v) is 4.48. The predicted octanol–water partition coefficient (Wildman–Crippen LogP) is 1.05. The Balaban J connectivity index is 3.95. The van der Waals surface area contributed by atoms with Gasteiger partial charge in [-0.2, -0.15) is 0 Å². The number of hydrogen-bond acceptors (Lipinski definition) is 2. The molecule has 0 heterocycles. The Hall–Kier alpha value is -0.570. The van der Waals surface area contributed by atoms with Crippen LogP contribution < -0.4 is 0 Å². The topological polar surface area (TPSA) is 37.4 Å². The maximum atomic E-state index is 10.9. The number of amides is 1. The summed E-state index contributed by atoms with van der Waals surface area (Å²) in [6.07, 6.45) is 0.856. The molecule has 0 aliphatic carbocycles. The maximum Gasteiger partial charge on any atom is 0.219 e. The number of halogens is 1. The average Bonchev–Trinajstić information content (AvgIpc) is 2.03. The van der Waals surface area contributed by atoms with Crippen molar-refractivity contribution in [3.05, 3.63) is 0 Å². The molecule has 1 amide bonds. The third kappa shape index (κ3) is 4.34. The molecule has 0 aliphatic rings. The average molecular weight is 192 g/mol. The van der Waals surface area contributed by atoms with Crippen LogP contribution in [-0.2, 0) is 9.59 Å². The van der Waals surface area contributed by atoms with Crippen molar-refractivity contribution < 1.29 is 9.59 Å². The number of carbonyl (C=O) groups is 2. The van der Waals surface area contributed by atoms with Crippen molar-refractivity contribution >= 4 is 23.3 Å². The third-order valence-electron chi connectivity index (χ3n) is 1.46. The largest absolute Gasteiger partial charge is 0.336 e. The van der Waals surface area contributed by atoms with Crippen LogP contribution in [0, 0.1) is 0 Å². The van der Waals surface area contributed by atoms with Crippen LogP contribution in [0.25, 0.3) is 0 Å². The van der Waals surface area contributed by atoms with Gasteiger partial charge in [-0.15, -0.1) is 11.6 Å². The molecule has 0 rings (SSSR count). The van der Waals surface area contributed by atoms with Crippen LogP contribution in [0.3, 0.4) is 0 Å². The van der Waals surface area contributed by atoms with Crippen molar-refractivity contribution in [2.45, 2.75) is 20.3 Å². The Morgan fingerprint density at radius 3 is 2.33 bits per heavy atom. The van der Waals surface area contributed by atoms with Gasteiger partial charge < -0.3 is 4.90 Å². The fourth-order valence-corrected chi connectivity index (χ4v) is 0.957. The lowest BCUT2D eigenvalue weighted by atomic mass is 10.3. The van der Waals surface area contributed by atoms with Crippen LogP contribution in [0.5, 0.6) is 0 Å². The lowest BCUT2D eigenvalue weighted by Gasteiger charge is -2.18. The summed E-state index contributed by atoms with van der Waals surface area (Å²) >= 11 is 5.31. The van der Waals surface area contributed by atoms with Crippen molar-refractivity contribution in [3.8, 4) is 0 Å². The molecule has 0 radical (unpaired) electrons. The first-order valence-electron chi connectivity index (χ1n) is 3.95. The smallest absolute Gasteiger partial charge is 0.219 e. The summed E-state index contributed by atoms with van der Waals surface area (Å²) in [6.45, 7) is 4.18. The van der Waals surface area contributed by atoms with Crippen molar-refractivity contribution in [2.75, 3.05) is 19.0 Å². The summed E-state index contributed by atoms with van der Waals surface area (Å²) in [4.78, 5) is 23.3. The van der Waals surface area contributed by atoms with Crippen molar-refractivity contribution in [2.24, 2.45) is 0 Å². The summed E-state index contributed by atoms with van der Waals surface area (Å²) in [7, 11) is 0. The van der Waals surface area contributed by atoms with Crippen LogP contribution in [-0.4, -0.2) is 35.6 Å². The highest BCUT2D eigenvalue weighted by Gasteiger charge is 2.10. The molecular weight excluding hydrogens is 178 g/mol. The van der Waals surface area contributed by atoms with Gasteiger partial charge in [0.1, 0.15) is 0 Å². The molecule has 4 heteroatoms. The number of hydrogen-bond donors (Lipinski definition) is 0. The van der Waals surface area contributed by atoms with E-state index in [4.69, 9.17) is 11.6 Å². The summed E-state index contributed by atoms with van der Waals surface area (Å²) in [5.74, 6) is -0.205. The molecule has 0 spiro atoms. The highest BCUT2D eigenvalue weighted by Crippen LogP contribution is 1.93. The highest BCUT2D eigenvalue weighted by molar-refractivity contribution is 6.28.